The van der Waals surface area contributed by atoms with Gasteiger partial charge in [-0.3, -0.25) is 0 Å². The van der Waals surface area contributed by atoms with Crippen LogP contribution < -0.4 is 0 Å². The van der Waals surface area contributed by atoms with Crippen LogP contribution in [-0.4, -0.2) is 24.3 Å². The third kappa shape index (κ3) is 2.57. The number of nitrogens with zero attached hydrogens (tertiary/aromatic N) is 5. The number of benzene rings is 1. The lowest BCUT2D eigenvalue weighted by Crippen LogP contribution is -2.06. The molecular weight excluding hydrogens is 274 g/mol. The fraction of sp³-hybridized carbons (Fsp3) is 0.235. The smallest absolute Gasteiger partial charge is 0.177 e. The van der Waals surface area contributed by atoms with E-state index >= 15 is 0 Å². The molecule has 0 spiro atoms. The van der Waals surface area contributed by atoms with Crippen molar-refractivity contribution in [2.75, 3.05) is 0 Å². The number of aromatic nitrogens is 5. The molecular formula is C17H19N5. The Balaban J connectivity index is 2.07. The topological polar surface area (TPSA) is 48.5 Å². The van der Waals surface area contributed by atoms with Crippen molar-refractivity contribution in [3.63, 3.8) is 0 Å². The van der Waals surface area contributed by atoms with Crippen LogP contribution in [-0.2, 0) is 13.6 Å². The van der Waals surface area contributed by atoms with Crippen LogP contribution in [0.15, 0.2) is 48.7 Å². The largest absolute Gasteiger partial charge is 0.325 e. The number of imidazole rings is 1. The Bertz CT molecular complexity index is 811. The minimum atomic E-state index is 0.655. The molecule has 0 bridgehead atoms. The summed E-state index contributed by atoms with van der Waals surface area (Å²) in [6, 6.07) is 10.1. The number of rotatable bonds is 4. The Labute approximate surface area is 130 Å². The minimum Gasteiger partial charge on any atom is -0.325 e. The van der Waals surface area contributed by atoms with Crippen molar-refractivity contribution in [1.29, 1.82) is 0 Å². The predicted molar refractivity (Wildman–Crippen MR) is 87.2 cm³/mol. The van der Waals surface area contributed by atoms with Gasteiger partial charge in [-0.1, -0.05) is 42.5 Å². The minimum absolute atomic E-state index is 0.655. The van der Waals surface area contributed by atoms with Gasteiger partial charge in [-0.25, -0.2) is 14.6 Å². The molecule has 22 heavy (non-hydrogen) atoms. The molecule has 2 heterocycles. The summed E-state index contributed by atoms with van der Waals surface area (Å²) in [4.78, 5) is 9.10. The summed E-state index contributed by atoms with van der Waals surface area (Å²) in [7, 11) is 2.00. The number of hydrogen-bond acceptors (Lipinski definition) is 3. The van der Waals surface area contributed by atoms with Gasteiger partial charge in [0.05, 0.1) is 12.7 Å². The molecule has 0 aliphatic heterocycles. The van der Waals surface area contributed by atoms with E-state index in [0.29, 0.717) is 6.54 Å². The van der Waals surface area contributed by atoms with Crippen LogP contribution in [0.1, 0.15) is 12.7 Å². The van der Waals surface area contributed by atoms with E-state index in [1.54, 1.807) is 0 Å². The highest BCUT2D eigenvalue weighted by molar-refractivity contribution is 5.61. The Kier molecular flexibility index (Phi) is 3.63. The van der Waals surface area contributed by atoms with Crippen molar-refractivity contribution >= 4 is 0 Å². The van der Waals surface area contributed by atoms with Crippen LogP contribution in [0.4, 0.5) is 0 Å². The van der Waals surface area contributed by atoms with E-state index in [-0.39, 0.29) is 0 Å². The molecule has 0 saturated heterocycles. The number of aryl methyl sites for hydroxylation is 1. The van der Waals surface area contributed by atoms with Gasteiger partial charge in [0.1, 0.15) is 17.3 Å². The van der Waals surface area contributed by atoms with Gasteiger partial charge in [-0.05, 0) is 13.8 Å². The monoisotopic (exact) mass is 293 g/mol. The highest BCUT2D eigenvalue weighted by atomic mass is 15.4. The van der Waals surface area contributed by atoms with Crippen LogP contribution in [0.2, 0.25) is 0 Å². The van der Waals surface area contributed by atoms with Gasteiger partial charge in [-0.15, -0.1) is 0 Å². The van der Waals surface area contributed by atoms with Gasteiger partial charge in [0.25, 0.3) is 0 Å². The first-order valence-electron chi connectivity index (χ1n) is 7.19. The average Bonchev–Trinajstić information content (AvgIpc) is 3.02. The lowest BCUT2D eigenvalue weighted by molar-refractivity contribution is 0.674. The van der Waals surface area contributed by atoms with Crippen LogP contribution >= 0.6 is 0 Å². The quantitative estimate of drug-likeness (QED) is 0.694. The summed E-state index contributed by atoms with van der Waals surface area (Å²) in [5.74, 6) is 2.48. The summed E-state index contributed by atoms with van der Waals surface area (Å²) in [6.07, 6.45) is 1.85. The van der Waals surface area contributed by atoms with Gasteiger partial charge in [-0.2, -0.15) is 5.10 Å². The molecule has 0 aliphatic rings. The number of hydrogen-bond donors (Lipinski definition) is 0. The zero-order valence-electron chi connectivity index (χ0n) is 13.1. The van der Waals surface area contributed by atoms with E-state index < -0.39 is 0 Å². The van der Waals surface area contributed by atoms with Crippen molar-refractivity contribution in [1.82, 2.24) is 24.3 Å². The fourth-order valence-electron chi connectivity index (χ4n) is 2.48. The van der Waals surface area contributed by atoms with Crippen LogP contribution in [0.3, 0.4) is 0 Å². The molecule has 5 heteroatoms. The normalized spacial score (nSPS) is 10.9. The SMILES string of the molecule is C=C(C)Cn1nc(C)nc1-c1cnc(-c2ccccc2)n1C. The lowest BCUT2D eigenvalue weighted by atomic mass is 10.2. The van der Waals surface area contributed by atoms with E-state index in [0.717, 1.165) is 34.3 Å². The Morgan fingerprint density at radius 1 is 1.18 bits per heavy atom. The second kappa shape index (κ2) is 5.60. The Morgan fingerprint density at radius 2 is 1.91 bits per heavy atom. The standard InChI is InChI=1S/C17H19N5/c1-12(2)11-22-17(19-13(3)20-22)15-10-18-16(21(15)4)14-8-6-5-7-9-14/h5-10H,1,11H2,2-4H3. The van der Waals surface area contributed by atoms with Crippen LogP contribution in [0, 0.1) is 6.92 Å². The zero-order valence-corrected chi connectivity index (χ0v) is 13.1. The van der Waals surface area contributed by atoms with Crippen molar-refractivity contribution in [3.8, 4) is 22.9 Å². The maximum absolute atomic E-state index is 4.55. The van der Waals surface area contributed by atoms with Gasteiger partial charge in [0.2, 0.25) is 0 Å². The maximum Gasteiger partial charge on any atom is 0.177 e. The molecule has 0 saturated carbocycles. The molecule has 0 atom stereocenters. The van der Waals surface area contributed by atoms with E-state index in [1.807, 2.05) is 54.5 Å². The third-order valence-corrected chi connectivity index (χ3v) is 3.45. The molecule has 2 aromatic heterocycles. The van der Waals surface area contributed by atoms with Crippen LogP contribution in [0.5, 0.6) is 0 Å². The first kappa shape index (κ1) is 14.3. The Hall–Kier alpha value is -2.69. The summed E-state index contributed by atoms with van der Waals surface area (Å²) >= 11 is 0. The molecule has 1 aromatic carbocycles. The molecule has 112 valence electrons. The van der Waals surface area contributed by atoms with E-state index in [2.05, 4.69) is 33.8 Å². The van der Waals surface area contributed by atoms with Crippen molar-refractivity contribution in [2.45, 2.75) is 20.4 Å². The first-order valence-corrected chi connectivity index (χ1v) is 7.19. The molecule has 0 fully saturated rings. The summed E-state index contributed by atoms with van der Waals surface area (Å²) in [6.45, 7) is 8.49. The molecule has 3 rings (SSSR count). The third-order valence-electron chi connectivity index (χ3n) is 3.45. The van der Waals surface area contributed by atoms with Gasteiger partial charge in [0, 0.05) is 12.6 Å². The van der Waals surface area contributed by atoms with Crippen molar-refractivity contribution in [3.05, 3.63) is 54.5 Å². The van der Waals surface area contributed by atoms with E-state index in [9.17, 15) is 0 Å². The van der Waals surface area contributed by atoms with Gasteiger partial charge >= 0.3 is 0 Å². The van der Waals surface area contributed by atoms with Crippen molar-refractivity contribution in [2.24, 2.45) is 7.05 Å². The van der Waals surface area contributed by atoms with Crippen LogP contribution in [0.25, 0.3) is 22.9 Å². The zero-order chi connectivity index (χ0) is 15.7. The first-order chi connectivity index (χ1) is 10.6. The summed E-state index contributed by atoms with van der Waals surface area (Å²) in [5, 5.41) is 4.45. The molecule has 0 radical (unpaired) electrons. The molecule has 0 unspecified atom stereocenters. The maximum atomic E-state index is 4.55. The fourth-order valence-corrected chi connectivity index (χ4v) is 2.48. The molecule has 3 aromatic rings. The molecule has 0 amide bonds. The lowest BCUT2D eigenvalue weighted by Gasteiger charge is -2.08. The second-order valence-corrected chi connectivity index (χ2v) is 5.49. The highest BCUT2D eigenvalue weighted by Crippen LogP contribution is 2.24. The number of allylic oxidation sites excluding steroid dienone is 1. The second-order valence-electron chi connectivity index (χ2n) is 5.49. The molecule has 0 aliphatic carbocycles. The Morgan fingerprint density at radius 3 is 2.59 bits per heavy atom. The summed E-state index contributed by atoms with van der Waals surface area (Å²) in [5.41, 5.74) is 3.07. The van der Waals surface area contributed by atoms with E-state index in [4.69, 9.17) is 0 Å². The highest BCUT2D eigenvalue weighted by Gasteiger charge is 2.16. The predicted octanol–water partition coefficient (Wildman–Crippen LogP) is 3.23. The average molecular weight is 293 g/mol. The summed E-state index contributed by atoms with van der Waals surface area (Å²) < 4.78 is 3.93. The van der Waals surface area contributed by atoms with Gasteiger partial charge in [0.15, 0.2) is 5.82 Å². The molecule has 5 nitrogen and oxygen atoms in total. The van der Waals surface area contributed by atoms with Crippen molar-refractivity contribution < 1.29 is 0 Å². The molecule has 0 N–H and O–H groups in total. The van der Waals surface area contributed by atoms with Gasteiger partial charge < -0.3 is 4.57 Å². The van der Waals surface area contributed by atoms with E-state index in [1.165, 1.54) is 0 Å².